The molecule has 0 spiro atoms. The van der Waals surface area contributed by atoms with Crippen molar-refractivity contribution in [2.75, 3.05) is 6.61 Å². The maximum atomic E-state index is 11.6. The second kappa shape index (κ2) is 5.59. The van der Waals surface area contributed by atoms with Gasteiger partial charge in [-0.05, 0) is 19.1 Å². The molecule has 0 bridgehead atoms. The van der Waals surface area contributed by atoms with Crippen LogP contribution >= 0.6 is 11.8 Å². The van der Waals surface area contributed by atoms with Crippen LogP contribution in [-0.4, -0.2) is 27.1 Å². The van der Waals surface area contributed by atoms with Crippen molar-refractivity contribution >= 4 is 23.4 Å². The van der Waals surface area contributed by atoms with E-state index in [9.17, 15) is 4.79 Å². The maximum Gasteiger partial charge on any atom is 0.348 e. The smallest absolute Gasteiger partial charge is 0.348 e. The summed E-state index contributed by atoms with van der Waals surface area (Å²) in [6.07, 6.45) is 4.22. The second-order valence-corrected chi connectivity index (χ2v) is 4.40. The van der Waals surface area contributed by atoms with Crippen LogP contribution in [0.1, 0.15) is 6.92 Å². The molecule has 2 heterocycles. The van der Waals surface area contributed by atoms with Crippen LogP contribution in [0.25, 0.3) is 5.65 Å². The molecule has 0 amide bonds. The molecule has 2 aromatic rings. The maximum absolute atomic E-state index is 11.6. The highest BCUT2D eigenvalue weighted by atomic mass is 32.2. The van der Waals surface area contributed by atoms with Gasteiger partial charge in [0.15, 0.2) is 0 Å². The zero-order valence-electron chi connectivity index (χ0n) is 9.74. The third-order valence-corrected chi connectivity index (χ3v) is 3.23. The number of pyridine rings is 1. The monoisotopic (exact) mass is 264 g/mol. The van der Waals surface area contributed by atoms with E-state index in [1.165, 1.54) is 0 Å². The fourth-order valence-corrected chi connectivity index (χ4v) is 2.26. The van der Waals surface area contributed by atoms with Crippen molar-refractivity contribution in [2.24, 2.45) is 0 Å². The number of aliphatic hydroxyl groups excluding tert-OH is 1. The van der Waals surface area contributed by atoms with Crippen LogP contribution in [0.3, 0.4) is 0 Å². The molecule has 2 aromatic heterocycles. The summed E-state index contributed by atoms with van der Waals surface area (Å²) in [4.78, 5) is 15.8. The number of rotatable bonds is 4. The lowest BCUT2D eigenvalue weighted by atomic mass is 10.5. The van der Waals surface area contributed by atoms with Crippen LogP contribution in [-0.2, 0) is 9.53 Å². The molecule has 2 rings (SSSR count). The molecule has 0 unspecified atom stereocenters. The predicted molar refractivity (Wildman–Crippen MR) is 68.4 cm³/mol. The lowest BCUT2D eigenvalue weighted by Crippen LogP contribution is -2.06. The number of hydrogen-bond donors (Lipinski definition) is 1. The molecular formula is C12H12N2O3S. The number of imidazole rings is 1. The number of hydrogen-bond acceptors (Lipinski definition) is 5. The van der Waals surface area contributed by atoms with Crippen molar-refractivity contribution in [1.29, 1.82) is 0 Å². The number of carbonyl (C=O) groups is 1. The Kier molecular flexibility index (Phi) is 3.88. The van der Waals surface area contributed by atoms with Gasteiger partial charge in [-0.1, -0.05) is 17.8 Å². The summed E-state index contributed by atoms with van der Waals surface area (Å²) in [7, 11) is 0. The molecule has 0 saturated carbocycles. The van der Waals surface area contributed by atoms with E-state index in [0.717, 1.165) is 28.7 Å². The first kappa shape index (κ1) is 12.5. The molecule has 0 fully saturated rings. The van der Waals surface area contributed by atoms with E-state index >= 15 is 0 Å². The molecule has 6 heteroatoms. The van der Waals surface area contributed by atoms with E-state index in [4.69, 9.17) is 9.84 Å². The summed E-state index contributed by atoms with van der Waals surface area (Å²) < 4.78 is 6.67. The molecule has 1 N–H and O–H groups in total. The Morgan fingerprint density at radius 1 is 1.61 bits per heavy atom. The lowest BCUT2D eigenvalue weighted by molar-refractivity contribution is -0.137. The highest BCUT2D eigenvalue weighted by Crippen LogP contribution is 2.27. The van der Waals surface area contributed by atoms with Gasteiger partial charge in [-0.25, -0.2) is 9.78 Å². The Bertz CT molecular complexity index is 592. The van der Waals surface area contributed by atoms with E-state index in [1.54, 1.807) is 19.3 Å². The Balaban J connectivity index is 2.27. The number of thioether (sulfide) groups is 1. The Hall–Kier alpha value is -1.95. The quantitative estimate of drug-likeness (QED) is 0.397. The highest BCUT2D eigenvalue weighted by Gasteiger charge is 2.14. The van der Waals surface area contributed by atoms with Crippen molar-refractivity contribution in [3.63, 3.8) is 0 Å². The van der Waals surface area contributed by atoms with E-state index in [-0.39, 0.29) is 11.5 Å². The number of ether oxygens (including phenoxy) is 1. The molecular weight excluding hydrogens is 252 g/mol. The van der Waals surface area contributed by atoms with Crippen molar-refractivity contribution in [2.45, 2.75) is 11.9 Å². The second-order valence-electron chi connectivity index (χ2n) is 3.34. The van der Waals surface area contributed by atoms with Gasteiger partial charge < -0.3 is 9.84 Å². The minimum Gasteiger partial charge on any atom is -0.514 e. The first-order chi connectivity index (χ1) is 8.76. The van der Waals surface area contributed by atoms with Crippen LogP contribution in [0.5, 0.6) is 0 Å². The zero-order valence-corrected chi connectivity index (χ0v) is 10.6. The molecule has 94 valence electrons. The van der Waals surface area contributed by atoms with E-state index < -0.39 is 5.97 Å². The number of aromatic nitrogens is 2. The third-order valence-electron chi connectivity index (χ3n) is 2.20. The molecule has 0 aromatic carbocycles. The lowest BCUT2D eigenvalue weighted by Gasteiger charge is -2.07. The standard InChI is InChI=1S/C12H12N2O3S/c1-2-17-12(16)9(8-15)18-11-5-3-4-10-13-6-7-14(10)11/h3-8,15H,2H2,1H3. The normalized spacial score (nSPS) is 11.7. The minimum absolute atomic E-state index is 0.137. The fourth-order valence-electron chi connectivity index (χ4n) is 1.44. The first-order valence-corrected chi connectivity index (χ1v) is 6.19. The van der Waals surface area contributed by atoms with Crippen LogP contribution in [0.15, 0.2) is 46.8 Å². The molecule has 0 aliphatic rings. The fraction of sp³-hybridized carbons (Fsp3) is 0.167. The van der Waals surface area contributed by atoms with E-state index in [1.807, 2.05) is 22.6 Å². The van der Waals surface area contributed by atoms with Gasteiger partial charge in [-0.2, -0.15) is 0 Å². The summed E-state index contributed by atoms with van der Waals surface area (Å²) in [6.45, 7) is 1.99. The third kappa shape index (κ3) is 2.48. The largest absolute Gasteiger partial charge is 0.514 e. The summed E-state index contributed by atoms with van der Waals surface area (Å²) in [6, 6.07) is 5.53. The van der Waals surface area contributed by atoms with Crippen LogP contribution in [0, 0.1) is 0 Å². The number of aliphatic hydroxyl groups is 1. The predicted octanol–water partition coefficient (Wildman–Crippen LogP) is 2.39. The Labute approximate surface area is 108 Å². The molecule has 0 aliphatic heterocycles. The number of fused-ring (bicyclic) bond motifs is 1. The number of esters is 1. The zero-order chi connectivity index (χ0) is 13.0. The Morgan fingerprint density at radius 2 is 2.44 bits per heavy atom. The van der Waals surface area contributed by atoms with Crippen molar-refractivity contribution in [3.8, 4) is 0 Å². The van der Waals surface area contributed by atoms with Crippen LogP contribution < -0.4 is 0 Å². The molecule has 5 nitrogen and oxygen atoms in total. The van der Waals surface area contributed by atoms with Gasteiger partial charge in [0.1, 0.15) is 16.8 Å². The van der Waals surface area contributed by atoms with Gasteiger partial charge in [-0.15, -0.1) is 0 Å². The van der Waals surface area contributed by atoms with Crippen LogP contribution in [0.4, 0.5) is 0 Å². The summed E-state index contributed by atoms with van der Waals surface area (Å²) >= 11 is 1.13. The summed E-state index contributed by atoms with van der Waals surface area (Å²) in [5.41, 5.74) is 0.779. The highest BCUT2D eigenvalue weighted by molar-refractivity contribution is 8.03. The SMILES string of the molecule is CCOC(=O)C(=CO)Sc1cccc2nccn12. The van der Waals surface area contributed by atoms with Gasteiger partial charge in [0.05, 0.1) is 11.6 Å². The van der Waals surface area contributed by atoms with Gasteiger partial charge in [-0.3, -0.25) is 4.40 Å². The number of nitrogens with zero attached hydrogens (tertiary/aromatic N) is 2. The van der Waals surface area contributed by atoms with Gasteiger partial charge >= 0.3 is 5.97 Å². The molecule has 0 saturated heterocycles. The van der Waals surface area contributed by atoms with Gasteiger partial charge in [0.2, 0.25) is 0 Å². The molecule has 18 heavy (non-hydrogen) atoms. The van der Waals surface area contributed by atoms with Crippen molar-refractivity contribution in [3.05, 3.63) is 41.8 Å². The molecule has 0 radical (unpaired) electrons. The van der Waals surface area contributed by atoms with Crippen molar-refractivity contribution in [1.82, 2.24) is 9.38 Å². The van der Waals surface area contributed by atoms with Crippen LogP contribution in [0.2, 0.25) is 0 Å². The average molecular weight is 264 g/mol. The number of carbonyl (C=O) groups excluding carboxylic acids is 1. The average Bonchev–Trinajstić information content (AvgIpc) is 2.85. The minimum atomic E-state index is -0.540. The summed E-state index contributed by atoms with van der Waals surface area (Å²) in [5, 5.41) is 9.87. The molecule has 0 atom stereocenters. The van der Waals surface area contributed by atoms with E-state index in [0.29, 0.717) is 0 Å². The van der Waals surface area contributed by atoms with Gasteiger partial charge in [0.25, 0.3) is 0 Å². The molecule has 0 aliphatic carbocycles. The van der Waals surface area contributed by atoms with E-state index in [2.05, 4.69) is 4.98 Å². The first-order valence-electron chi connectivity index (χ1n) is 5.37. The Morgan fingerprint density at radius 3 is 3.17 bits per heavy atom. The summed E-state index contributed by atoms with van der Waals surface area (Å²) in [5.74, 6) is -0.540. The van der Waals surface area contributed by atoms with Gasteiger partial charge in [0, 0.05) is 12.4 Å². The topological polar surface area (TPSA) is 63.8 Å². The van der Waals surface area contributed by atoms with Crippen molar-refractivity contribution < 1.29 is 14.6 Å².